The average Bonchev–Trinajstić information content (AvgIpc) is 3.78. The van der Waals surface area contributed by atoms with Crippen LogP contribution in [0.3, 0.4) is 0 Å². The fourth-order valence-electron chi connectivity index (χ4n) is 12.2. The molecule has 8 aromatic carbocycles. The molecule has 2 nitrogen and oxygen atoms in total. The van der Waals surface area contributed by atoms with Gasteiger partial charge >= 0.3 is 0 Å². The van der Waals surface area contributed by atoms with E-state index in [4.69, 9.17) is 0 Å². The molecule has 2 aliphatic heterocycles. The van der Waals surface area contributed by atoms with Crippen LogP contribution in [0.1, 0.15) is 78.1 Å². The summed E-state index contributed by atoms with van der Waals surface area (Å²) in [5.41, 5.74) is 23.1. The lowest BCUT2D eigenvalue weighted by Gasteiger charge is -2.39. The van der Waals surface area contributed by atoms with Crippen LogP contribution in [0, 0.1) is 5.92 Å². The topological polar surface area (TPSA) is 6.48 Å². The molecule has 0 saturated heterocycles. The monoisotopic (exact) mass is 880 g/mol. The Hall–Kier alpha value is -7.07. The first-order valence-electron chi connectivity index (χ1n) is 24.1. The molecule has 8 aromatic rings. The molecule has 13 rings (SSSR count). The quantitative estimate of drug-likeness (QED) is 0.154. The van der Waals surface area contributed by atoms with Crippen molar-refractivity contribution in [3.63, 3.8) is 0 Å². The van der Waals surface area contributed by atoms with Crippen LogP contribution in [-0.2, 0) is 17.3 Å². The van der Waals surface area contributed by atoms with E-state index in [1.54, 1.807) is 0 Å². The number of aryl methyl sites for hydroxylation is 1. The fourth-order valence-corrected chi connectivity index (χ4v) is 13.3. The molecule has 0 radical (unpaired) electrons. The van der Waals surface area contributed by atoms with Crippen molar-refractivity contribution in [3.8, 4) is 22.3 Å². The van der Waals surface area contributed by atoms with Gasteiger partial charge < -0.3 is 9.80 Å². The van der Waals surface area contributed by atoms with E-state index in [-0.39, 0.29) is 5.41 Å². The second-order valence-electron chi connectivity index (χ2n) is 19.7. The van der Waals surface area contributed by atoms with E-state index in [0.29, 0.717) is 5.92 Å². The Labute approximate surface area is 399 Å². The lowest BCUT2D eigenvalue weighted by Crippen LogP contribution is -2.31. The van der Waals surface area contributed by atoms with Crippen molar-refractivity contribution < 1.29 is 0 Å². The first kappa shape index (κ1) is 40.2. The van der Waals surface area contributed by atoms with Gasteiger partial charge in [0.05, 0.1) is 16.8 Å². The maximum atomic E-state index is 2.53. The van der Waals surface area contributed by atoms with Crippen molar-refractivity contribution in [2.24, 2.45) is 5.92 Å². The molecule has 2 atom stereocenters. The van der Waals surface area contributed by atoms with Crippen molar-refractivity contribution in [1.29, 1.82) is 0 Å². The van der Waals surface area contributed by atoms with Gasteiger partial charge in [-0.3, -0.25) is 0 Å². The van der Waals surface area contributed by atoms with Crippen molar-refractivity contribution in [2.45, 2.75) is 60.7 Å². The molecule has 2 heterocycles. The minimum Gasteiger partial charge on any atom is -0.341 e. The first-order chi connectivity index (χ1) is 32.9. The van der Waals surface area contributed by atoms with Gasteiger partial charge in [-0.2, -0.15) is 0 Å². The highest BCUT2D eigenvalue weighted by Gasteiger charge is 2.48. The van der Waals surface area contributed by atoms with Crippen LogP contribution < -0.4 is 9.80 Å². The smallest absolute Gasteiger partial charge is 0.0677 e. The molecule has 324 valence electrons. The Balaban J connectivity index is 0.905. The van der Waals surface area contributed by atoms with E-state index in [2.05, 4.69) is 237 Å². The number of nitrogens with zero attached hydrogens (tertiary/aromatic N) is 2. The van der Waals surface area contributed by atoms with Crippen molar-refractivity contribution in [2.75, 3.05) is 16.3 Å². The van der Waals surface area contributed by atoms with Gasteiger partial charge in [0.1, 0.15) is 0 Å². The SMILES string of the molecule is CC1C=CC=C(C2(c3ccccc3)c3cc(C=Cc4ccc5c(c4)C(C)(C)c4cc(N6CCCc7ccccc76)ccc4-5)ccc3-c3ccc(N4c5ccccc5Sc5ccccc54)cc32)C1. The van der Waals surface area contributed by atoms with E-state index < -0.39 is 5.41 Å². The van der Waals surface area contributed by atoms with Gasteiger partial charge in [0.15, 0.2) is 0 Å². The van der Waals surface area contributed by atoms with Gasteiger partial charge in [-0.15, -0.1) is 0 Å². The molecule has 0 saturated carbocycles. The highest BCUT2D eigenvalue weighted by Crippen LogP contribution is 2.60. The number of allylic oxidation sites excluding steroid dienone is 4. The number of para-hydroxylation sites is 3. The Morgan fingerprint density at radius 1 is 0.552 bits per heavy atom. The molecule has 0 aromatic heterocycles. The zero-order chi connectivity index (χ0) is 44.9. The predicted molar refractivity (Wildman–Crippen MR) is 283 cm³/mol. The van der Waals surface area contributed by atoms with Crippen molar-refractivity contribution in [1.82, 2.24) is 0 Å². The van der Waals surface area contributed by atoms with E-state index in [9.17, 15) is 0 Å². The fraction of sp³-hybridized carbons (Fsp3) is 0.156. The van der Waals surface area contributed by atoms with E-state index in [0.717, 1.165) is 19.4 Å². The first-order valence-corrected chi connectivity index (χ1v) is 24.9. The van der Waals surface area contributed by atoms with Crippen LogP contribution in [0.25, 0.3) is 34.4 Å². The minimum atomic E-state index is -0.479. The van der Waals surface area contributed by atoms with Crippen LogP contribution in [0.5, 0.6) is 0 Å². The lowest BCUT2D eigenvalue weighted by molar-refractivity contribution is 0.615. The molecule has 0 spiro atoms. The van der Waals surface area contributed by atoms with E-state index >= 15 is 0 Å². The average molecular weight is 881 g/mol. The lowest BCUT2D eigenvalue weighted by atomic mass is 9.64. The predicted octanol–water partition coefficient (Wildman–Crippen LogP) is 17.0. The summed E-state index contributed by atoms with van der Waals surface area (Å²) in [5.74, 6) is 0.431. The van der Waals surface area contributed by atoms with Crippen LogP contribution in [0.15, 0.2) is 210 Å². The summed E-state index contributed by atoms with van der Waals surface area (Å²) in [5, 5.41) is 0. The molecular weight excluding hydrogens is 829 g/mol. The number of hydrogen-bond donors (Lipinski definition) is 0. The van der Waals surface area contributed by atoms with Crippen molar-refractivity contribution >= 4 is 52.4 Å². The Kier molecular flexibility index (Phi) is 9.31. The molecule has 0 N–H and O–H groups in total. The van der Waals surface area contributed by atoms with Gasteiger partial charge in [-0.25, -0.2) is 0 Å². The highest BCUT2D eigenvalue weighted by atomic mass is 32.2. The van der Waals surface area contributed by atoms with Crippen molar-refractivity contribution in [3.05, 3.63) is 244 Å². The second-order valence-corrected chi connectivity index (χ2v) is 20.7. The summed E-state index contributed by atoms with van der Waals surface area (Å²) in [6, 6.07) is 66.7. The Morgan fingerprint density at radius 2 is 1.10 bits per heavy atom. The van der Waals surface area contributed by atoms with Gasteiger partial charge in [0, 0.05) is 38.8 Å². The summed E-state index contributed by atoms with van der Waals surface area (Å²) in [6.07, 6.45) is 15.1. The van der Waals surface area contributed by atoms with Crippen LogP contribution in [0.4, 0.5) is 28.4 Å². The molecule has 5 aliphatic rings. The zero-order valence-corrected chi connectivity index (χ0v) is 39.2. The van der Waals surface area contributed by atoms with Crippen LogP contribution in [-0.4, -0.2) is 6.54 Å². The third-order valence-corrected chi connectivity index (χ3v) is 16.5. The summed E-state index contributed by atoms with van der Waals surface area (Å²) in [4.78, 5) is 7.56. The molecule has 3 aliphatic carbocycles. The summed E-state index contributed by atoms with van der Waals surface area (Å²) >= 11 is 1.86. The zero-order valence-electron chi connectivity index (χ0n) is 38.3. The van der Waals surface area contributed by atoms with E-state index in [1.807, 2.05) is 11.8 Å². The molecule has 0 bridgehead atoms. The number of fused-ring (bicyclic) bond motifs is 9. The molecule has 2 unspecified atom stereocenters. The number of anilines is 5. The third kappa shape index (κ3) is 6.24. The highest BCUT2D eigenvalue weighted by molar-refractivity contribution is 7.99. The van der Waals surface area contributed by atoms with Crippen LogP contribution >= 0.6 is 11.8 Å². The summed E-state index contributed by atoms with van der Waals surface area (Å²) < 4.78 is 0. The molecule has 3 heteroatoms. The second kappa shape index (κ2) is 15.5. The largest absolute Gasteiger partial charge is 0.341 e. The Morgan fingerprint density at radius 3 is 1.81 bits per heavy atom. The molecule has 67 heavy (non-hydrogen) atoms. The Bertz CT molecular complexity index is 3360. The maximum absolute atomic E-state index is 2.53. The standard InChI is InChI=1S/C64H52N2S/c1-42-15-13-20-47(37-42)64(46-18-5-4-6-19-46)56-39-44(29-33-52(56)53-35-31-49(41-57(53)64)66-59-22-9-11-24-61(59)67-62-25-12-10-23-60(62)66)27-26-43-28-32-50-51-34-30-48(40-55(51)63(2,3)54(50)38-43)65-36-14-17-45-16-7-8-21-58(45)65/h4-13,15-16,18-35,38-42H,14,17,36-37H2,1-3H3. The van der Waals surface area contributed by atoms with Crippen LogP contribution in [0.2, 0.25) is 0 Å². The molecule has 0 fully saturated rings. The maximum Gasteiger partial charge on any atom is 0.0677 e. The third-order valence-electron chi connectivity index (χ3n) is 15.4. The number of rotatable bonds is 6. The van der Waals surface area contributed by atoms with Gasteiger partial charge in [0.25, 0.3) is 0 Å². The number of benzene rings is 8. The summed E-state index contributed by atoms with van der Waals surface area (Å²) in [7, 11) is 0. The van der Waals surface area contributed by atoms with Gasteiger partial charge in [-0.05, 0) is 153 Å². The minimum absolute atomic E-state index is 0.121. The normalized spacial score (nSPS) is 19.2. The van der Waals surface area contributed by atoms with Gasteiger partial charge in [-0.1, -0.05) is 184 Å². The van der Waals surface area contributed by atoms with Gasteiger partial charge in [0.2, 0.25) is 0 Å². The molecule has 0 amide bonds. The number of hydrogen-bond acceptors (Lipinski definition) is 3. The summed E-state index contributed by atoms with van der Waals surface area (Å²) in [6.45, 7) is 8.22. The molecular formula is C64H52N2S. The van der Waals surface area contributed by atoms with E-state index in [1.165, 1.54) is 117 Å².